The Labute approximate surface area is 129 Å². The predicted octanol–water partition coefficient (Wildman–Crippen LogP) is -0.0836. The number of carboxylic acid groups (broad SMARTS) is 2. The molecule has 2 saturated carbocycles. The van der Waals surface area contributed by atoms with E-state index in [2.05, 4.69) is 10.6 Å². The number of piperidine rings is 2. The molecule has 8 heteroatoms. The van der Waals surface area contributed by atoms with Gasteiger partial charge in [0.05, 0.1) is 11.8 Å². The number of carboxylic acids is 2. The maximum atomic E-state index is 10.3. The van der Waals surface area contributed by atoms with E-state index in [4.69, 9.17) is 10.2 Å². The highest BCUT2D eigenvalue weighted by Crippen LogP contribution is 2.49. The van der Waals surface area contributed by atoms with Gasteiger partial charge in [0, 0.05) is 0 Å². The van der Waals surface area contributed by atoms with E-state index in [9.17, 15) is 9.59 Å². The minimum Gasteiger partial charge on any atom is -0.481 e. The Balaban J connectivity index is 0.000000182. The van der Waals surface area contributed by atoms with Crippen LogP contribution in [0.1, 0.15) is 0 Å². The fourth-order valence-electron chi connectivity index (χ4n) is 3.57. The molecule has 0 aromatic carbocycles. The number of hydrogen-bond donors (Lipinski definition) is 4. The third kappa shape index (κ3) is 3.03. The molecule has 2 heterocycles. The molecular formula is C12H20Cl2N2O4. The van der Waals surface area contributed by atoms with E-state index in [0.29, 0.717) is 23.7 Å². The number of halogens is 2. The minimum absolute atomic E-state index is 0. The number of hydrogen-bond acceptors (Lipinski definition) is 4. The van der Waals surface area contributed by atoms with Crippen molar-refractivity contribution in [3.05, 3.63) is 0 Å². The van der Waals surface area contributed by atoms with Crippen LogP contribution in [-0.2, 0) is 9.59 Å². The molecule has 6 nitrogen and oxygen atoms in total. The third-order valence-corrected chi connectivity index (χ3v) is 4.75. The van der Waals surface area contributed by atoms with Crippen molar-refractivity contribution in [3.8, 4) is 0 Å². The second-order valence-electron chi connectivity index (χ2n) is 5.70. The summed E-state index contributed by atoms with van der Waals surface area (Å²) in [5, 5.41) is 23.3. The summed E-state index contributed by atoms with van der Waals surface area (Å²) in [7, 11) is 0. The van der Waals surface area contributed by atoms with Gasteiger partial charge in [0.25, 0.3) is 0 Å². The van der Waals surface area contributed by atoms with Crippen molar-refractivity contribution in [2.45, 2.75) is 0 Å². The van der Waals surface area contributed by atoms with Gasteiger partial charge in [0.1, 0.15) is 0 Å². The van der Waals surface area contributed by atoms with Crippen LogP contribution in [0.2, 0.25) is 0 Å². The lowest BCUT2D eigenvalue weighted by molar-refractivity contribution is -0.140. The van der Waals surface area contributed by atoms with Crippen LogP contribution in [0, 0.1) is 35.5 Å². The van der Waals surface area contributed by atoms with Crippen LogP contribution in [0.5, 0.6) is 0 Å². The van der Waals surface area contributed by atoms with E-state index in [-0.39, 0.29) is 36.6 Å². The summed E-state index contributed by atoms with van der Waals surface area (Å²) in [6.07, 6.45) is 0. The summed E-state index contributed by atoms with van der Waals surface area (Å²) >= 11 is 0. The monoisotopic (exact) mass is 326 g/mol. The Hall–Kier alpha value is -0.560. The van der Waals surface area contributed by atoms with Gasteiger partial charge in [-0.1, -0.05) is 0 Å². The number of aliphatic carboxylic acids is 2. The van der Waals surface area contributed by atoms with Gasteiger partial charge in [-0.3, -0.25) is 9.59 Å². The molecule has 4 aliphatic rings. The molecule has 0 aromatic rings. The molecule has 0 radical (unpaired) electrons. The van der Waals surface area contributed by atoms with E-state index < -0.39 is 11.9 Å². The normalized spacial score (nSPS) is 41.8. The molecule has 4 N–H and O–H groups in total. The van der Waals surface area contributed by atoms with Gasteiger partial charge in [-0.15, -0.1) is 24.8 Å². The summed E-state index contributed by atoms with van der Waals surface area (Å²) < 4.78 is 0. The average Bonchev–Trinajstić information content (AvgIpc) is 3.05. The van der Waals surface area contributed by atoms with Gasteiger partial charge in [0.2, 0.25) is 0 Å². The molecule has 4 fully saturated rings. The van der Waals surface area contributed by atoms with E-state index in [1.54, 1.807) is 0 Å². The van der Waals surface area contributed by atoms with Crippen molar-refractivity contribution >= 4 is 36.8 Å². The molecule has 0 spiro atoms. The summed E-state index contributed by atoms with van der Waals surface area (Å²) in [5.74, 6) is 0.616. The number of carbonyl (C=O) groups is 2. The summed E-state index contributed by atoms with van der Waals surface area (Å²) in [5.41, 5.74) is 0. The summed E-state index contributed by atoms with van der Waals surface area (Å²) in [6.45, 7) is 3.67. The zero-order valence-electron chi connectivity index (χ0n) is 10.8. The molecule has 2 unspecified atom stereocenters. The number of fused-ring (bicyclic) bond motifs is 2. The fraction of sp³-hybridized carbons (Fsp3) is 0.833. The summed E-state index contributed by atoms with van der Waals surface area (Å²) in [6, 6.07) is 0. The van der Waals surface area contributed by atoms with Gasteiger partial charge in [-0.2, -0.15) is 0 Å². The lowest BCUT2D eigenvalue weighted by atomic mass is 10.3. The standard InChI is InChI=1S/2C6H9NO2.2ClH/c2*8-6(9)5-3-1-7-2-4(3)5;;/h2*3-5,7H,1-2H2,(H,8,9);2*1H/t2*3-,4+,5?;;. The number of nitrogens with one attached hydrogen (secondary N) is 2. The molecule has 6 atom stereocenters. The first-order valence-corrected chi connectivity index (χ1v) is 6.48. The van der Waals surface area contributed by atoms with Crippen LogP contribution in [0.3, 0.4) is 0 Å². The van der Waals surface area contributed by atoms with Gasteiger partial charge in [0.15, 0.2) is 0 Å². The van der Waals surface area contributed by atoms with E-state index in [1.807, 2.05) is 0 Å². The molecular weight excluding hydrogens is 307 g/mol. The van der Waals surface area contributed by atoms with Crippen molar-refractivity contribution in [2.75, 3.05) is 26.2 Å². The summed E-state index contributed by atoms with van der Waals surface area (Å²) in [4.78, 5) is 20.7. The largest absolute Gasteiger partial charge is 0.481 e. The van der Waals surface area contributed by atoms with Crippen molar-refractivity contribution < 1.29 is 19.8 Å². The van der Waals surface area contributed by atoms with E-state index in [1.165, 1.54) is 0 Å². The van der Waals surface area contributed by atoms with Crippen LogP contribution in [-0.4, -0.2) is 48.3 Å². The van der Waals surface area contributed by atoms with Crippen LogP contribution in [0.25, 0.3) is 0 Å². The Morgan fingerprint density at radius 3 is 1.10 bits per heavy atom. The molecule has 116 valence electrons. The highest BCUT2D eigenvalue weighted by Gasteiger charge is 2.57. The average molecular weight is 327 g/mol. The molecule has 0 aromatic heterocycles. The molecule has 2 aliphatic carbocycles. The van der Waals surface area contributed by atoms with Crippen LogP contribution >= 0.6 is 24.8 Å². The quantitative estimate of drug-likeness (QED) is 0.566. The van der Waals surface area contributed by atoms with Crippen molar-refractivity contribution in [1.82, 2.24) is 10.6 Å². The lowest BCUT2D eigenvalue weighted by Gasteiger charge is -1.96. The van der Waals surface area contributed by atoms with Crippen molar-refractivity contribution in [3.63, 3.8) is 0 Å². The molecule has 4 rings (SSSR count). The van der Waals surface area contributed by atoms with Crippen LogP contribution < -0.4 is 10.6 Å². The Kier molecular flexibility index (Phi) is 5.66. The highest BCUT2D eigenvalue weighted by molar-refractivity contribution is 5.85. The lowest BCUT2D eigenvalue weighted by Crippen LogP contribution is -2.18. The van der Waals surface area contributed by atoms with Gasteiger partial charge in [-0.05, 0) is 49.9 Å². The molecule has 2 saturated heterocycles. The molecule has 20 heavy (non-hydrogen) atoms. The Morgan fingerprint density at radius 1 is 0.700 bits per heavy atom. The maximum Gasteiger partial charge on any atom is 0.307 e. The first-order chi connectivity index (χ1) is 8.61. The second-order valence-corrected chi connectivity index (χ2v) is 5.70. The Bertz CT molecular complexity index is 340. The van der Waals surface area contributed by atoms with Gasteiger partial charge in [-0.25, -0.2) is 0 Å². The first kappa shape index (κ1) is 17.5. The highest BCUT2D eigenvalue weighted by atomic mass is 35.5. The predicted molar refractivity (Wildman–Crippen MR) is 76.4 cm³/mol. The topological polar surface area (TPSA) is 98.7 Å². The fourth-order valence-corrected chi connectivity index (χ4v) is 3.57. The van der Waals surface area contributed by atoms with Crippen molar-refractivity contribution in [1.29, 1.82) is 0 Å². The molecule has 0 bridgehead atoms. The maximum absolute atomic E-state index is 10.3. The van der Waals surface area contributed by atoms with E-state index in [0.717, 1.165) is 26.2 Å². The molecule has 0 amide bonds. The SMILES string of the molecule is Cl.Cl.O=C(O)C1[C@H]2CNC[C@@H]12.O=C(O)C1[C@H]2CNC[C@@H]12. The number of rotatable bonds is 2. The first-order valence-electron chi connectivity index (χ1n) is 6.48. The minimum atomic E-state index is -0.605. The smallest absolute Gasteiger partial charge is 0.307 e. The molecule has 2 aliphatic heterocycles. The zero-order chi connectivity index (χ0) is 12.9. The Morgan fingerprint density at radius 2 is 0.950 bits per heavy atom. The second kappa shape index (κ2) is 6.47. The van der Waals surface area contributed by atoms with Crippen molar-refractivity contribution in [2.24, 2.45) is 35.5 Å². The van der Waals surface area contributed by atoms with Gasteiger partial charge < -0.3 is 20.8 Å². The third-order valence-electron chi connectivity index (χ3n) is 4.75. The van der Waals surface area contributed by atoms with Crippen LogP contribution in [0.15, 0.2) is 0 Å². The van der Waals surface area contributed by atoms with E-state index >= 15 is 0 Å². The van der Waals surface area contributed by atoms with Crippen LogP contribution in [0.4, 0.5) is 0 Å². The zero-order valence-corrected chi connectivity index (χ0v) is 12.5. The van der Waals surface area contributed by atoms with Gasteiger partial charge >= 0.3 is 11.9 Å².